The van der Waals surface area contributed by atoms with Crippen LogP contribution >= 0.6 is 0 Å². The molecule has 1 heterocycles. The molecule has 2 aliphatic rings. The van der Waals surface area contributed by atoms with Crippen molar-refractivity contribution >= 4 is 11.9 Å². The number of ether oxygens (including phenoxy) is 1. The largest absolute Gasteiger partial charge is 0.497 e. The molecular formula is C19H27N3O3. The van der Waals surface area contributed by atoms with Crippen molar-refractivity contribution in [3.8, 4) is 5.75 Å². The molecule has 1 saturated heterocycles. The summed E-state index contributed by atoms with van der Waals surface area (Å²) in [5.74, 6) is 0.903. The molecule has 0 bridgehead atoms. The Balaban J connectivity index is 1.59. The zero-order chi connectivity index (χ0) is 18.0. The van der Waals surface area contributed by atoms with Crippen LogP contribution in [0.4, 0.5) is 4.79 Å². The van der Waals surface area contributed by atoms with Crippen molar-refractivity contribution in [1.82, 2.24) is 15.1 Å². The van der Waals surface area contributed by atoms with Crippen molar-refractivity contribution in [3.05, 3.63) is 29.8 Å². The lowest BCUT2D eigenvalue weighted by Gasteiger charge is -2.33. The van der Waals surface area contributed by atoms with Gasteiger partial charge >= 0.3 is 6.03 Å². The minimum Gasteiger partial charge on any atom is -0.497 e. The average molecular weight is 345 g/mol. The maximum atomic E-state index is 12.7. The number of amides is 3. The van der Waals surface area contributed by atoms with E-state index in [1.54, 1.807) is 26.1 Å². The first-order valence-corrected chi connectivity index (χ1v) is 8.88. The average Bonchev–Trinajstić information content (AvgIpc) is 3.42. The van der Waals surface area contributed by atoms with Gasteiger partial charge in [-0.25, -0.2) is 4.79 Å². The van der Waals surface area contributed by atoms with Crippen LogP contribution in [0, 0.1) is 5.92 Å². The first-order valence-electron chi connectivity index (χ1n) is 8.88. The van der Waals surface area contributed by atoms with Crippen LogP contribution in [-0.4, -0.2) is 56.0 Å². The van der Waals surface area contributed by atoms with Crippen molar-refractivity contribution in [1.29, 1.82) is 0 Å². The number of nitrogens with one attached hydrogen (secondary N) is 1. The van der Waals surface area contributed by atoms with Gasteiger partial charge in [-0.1, -0.05) is 12.1 Å². The van der Waals surface area contributed by atoms with Gasteiger partial charge < -0.3 is 19.9 Å². The molecule has 1 aliphatic carbocycles. The Bertz CT molecular complexity index is 647. The van der Waals surface area contributed by atoms with Gasteiger partial charge in [0.25, 0.3) is 0 Å². The summed E-state index contributed by atoms with van der Waals surface area (Å²) in [6, 6.07) is 7.96. The number of urea groups is 1. The van der Waals surface area contributed by atoms with E-state index >= 15 is 0 Å². The van der Waals surface area contributed by atoms with Crippen molar-refractivity contribution in [2.45, 2.75) is 31.2 Å². The predicted molar refractivity (Wildman–Crippen MR) is 95.4 cm³/mol. The fourth-order valence-corrected chi connectivity index (χ4v) is 3.49. The number of hydrogen-bond donors (Lipinski definition) is 1. The molecule has 2 fully saturated rings. The summed E-state index contributed by atoms with van der Waals surface area (Å²) in [5, 5.41) is 3.26. The molecule has 0 spiro atoms. The SMILES string of the molecule is COc1cccc(C2(NC(=O)C3CCN(C(=O)N(C)C)CC3)CC2)c1. The molecule has 3 amide bonds. The molecule has 1 N–H and O–H groups in total. The minimum absolute atomic E-state index is 0.0192. The summed E-state index contributed by atoms with van der Waals surface area (Å²) in [6.45, 7) is 1.28. The van der Waals surface area contributed by atoms with Crippen LogP contribution in [0.3, 0.4) is 0 Å². The molecule has 1 aromatic rings. The first kappa shape index (κ1) is 17.6. The number of likely N-dealkylation sites (tertiary alicyclic amines) is 1. The Morgan fingerprint density at radius 3 is 2.48 bits per heavy atom. The van der Waals surface area contributed by atoms with Gasteiger partial charge in [0, 0.05) is 33.1 Å². The Hall–Kier alpha value is -2.24. The van der Waals surface area contributed by atoms with Crippen LogP contribution in [0.15, 0.2) is 24.3 Å². The lowest BCUT2D eigenvalue weighted by Crippen LogP contribution is -2.47. The first-order chi connectivity index (χ1) is 11.9. The molecule has 25 heavy (non-hydrogen) atoms. The van der Waals surface area contributed by atoms with E-state index in [4.69, 9.17) is 4.74 Å². The van der Waals surface area contributed by atoms with Gasteiger partial charge in [0.15, 0.2) is 0 Å². The Morgan fingerprint density at radius 2 is 1.92 bits per heavy atom. The van der Waals surface area contributed by atoms with Crippen LogP contribution in [0.25, 0.3) is 0 Å². The van der Waals surface area contributed by atoms with Gasteiger partial charge in [0.2, 0.25) is 5.91 Å². The van der Waals surface area contributed by atoms with Gasteiger partial charge in [-0.05, 0) is 43.4 Å². The number of carbonyl (C=O) groups is 2. The number of benzene rings is 1. The van der Waals surface area contributed by atoms with E-state index in [0.717, 1.165) is 37.0 Å². The van der Waals surface area contributed by atoms with E-state index in [9.17, 15) is 9.59 Å². The Kier molecular flexibility index (Phi) is 4.88. The van der Waals surface area contributed by atoms with Crippen LogP contribution < -0.4 is 10.1 Å². The number of nitrogens with zero attached hydrogens (tertiary/aromatic N) is 2. The van der Waals surface area contributed by atoms with Gasteiger partial charge in [-0.15, -0.1) is 0 Å². The third-order valence-electron chi connectivity index (χ3n) is 5.25. The van der Waals surface area contributed by atoms with Gasteiger partial charge in [0.1, 0.15) is 5.75 Å². The second-order valence-electron chi connectivity index (χ2n) is 7.24. The van der Waals surface area contributed by atoms with Gasteiger partial charge in [0.05, 0.1) is 12.6 Å². The zero-order valence-electron chi connectivity index (χ0n) is 15.2. The third-order valence-corrected chi connectivity index (χ3v) is 5.25. The third kappa shape index (κ3) is 3.72. The molecule has 6 nitrogen and oxygen atoms in total. The van der Waals surface area contributed by atoms with Crippen molar-refractivity contribution in [3.63, 3.8) is 0 Å². The molecule has 3 rings (SSSR count). The predicted octanol–water partition coefficient (Wildman–Crippen LogP) is 2.19. The highest BCUT2D eigenvalue weighted by Gasteiger charge is 2.46. The molecule has 136 valence electrons. The second kappa shape index (κ2) is 6.94. The van der Waals surface area contributed by atoms with Crippen LogP contribution in [0.1, 0.15) is 31.2 Å². The highest BCUT2D eigenvalue weighted by atomic mass is 16.5. The van der Waals surface area contributed by atoms with Crippen molar-refractivity contribution in [2.24, 2.45) is 5.92 Å². The summed E-state index contributed by atoms with van der Waals surface area (Å²) in [5.41, 5.74) is 0.878. The summed E-state index contributed by atoms with van der Waals surface area (Å²) in [4.78, 5) is 28.1. The summed E-state index contributed by atoms with van der Waals surface area (Å²) < 4.78 is 5.30. The Labute approximate surface area is 149 Å². The molecule has 0 unspecified atom stereocenters. The normalized spacial score (nSPS) is 19.2. The van der Waals surface area contributed by atoms with E-state index in [1.165, 1.54) is 0 Å². The number of hydrogen-bond acceptors (Lipinski definition) is 3. The molecule has 0 aromatic heterocycles. The van der Waals surface area contributed by atoms with Gasteiger partial charge in [-0.2, -0.15) is 0 Å². The molecule has 0 radical (unpaired) electrons. The monoisotopic (exact) mass is 345 g/mol. The Morgan fingerprint density at radius 1 is 1.24 bits per heavy atom. The van der Waals surface area contributed by atoms with E-state index in [0.29, 0.717) is 13.1 Å². The highest BCUT2D eigenvalue weighted by molar-refractivity contribution is 5.81. The standard InChI is InChI=1S/C19H27N3O3/c1-21(2)18(24)22-11-7-14(8-12-22)17(23)20-19(9-10-19)15-5-4-6-16(13-15)25-3/h4-6,13-14H,7-12H2,1-3H3,(H,20,23). The number of methoxy groups -OCH3 is 1. The maximum Gasteiger partial charge on any atom is 0.319 e. The number of carbonyl (C=O) groups excluding carboxylic acids is 2. The van der Waals surface area contributed by atoms with Crippen molar-refractivity contribution in [2.75, 3.05) is 34.3 Å². The highest BCUT2D eigenvalue weighted by Crippen LogP contribution is 2.46. The van der Waals surface area contributed by atoms with Crippen LogP contribution in [0.2, 0.25) is 0 Å². The van der Waals surface area contributed by atoms with E-state index in [2.05, 4.69) is 5.32 Å². The van der Waals surface area contributed by atoms with Crippen molar-refractivity contribution < 1.29 is 14.3 Å². The smallest absolute Gasteiger partial charge is 0.319 e. The fraction of sp³-hybridized carbons (Fsp3) is 0.579. The maximum absolute atomic E-state index is 12.7. The molecule has 0 atom stereocenters. The minimum atomic E-state index is -0.234. The fourth-order valence-electron chi connectivity index (χ4n) is 3.49. The second-order valence-corrected chi connectivity index (χ2v) is 7.24. The summed E-state index contributed by atoms with van der Waals surface area (Å²) in [7, 11) is 5.16. The zero-order valence-corrected chi connectivity index (χ0v) is 15.2. The number of rotatable bonds is 4. The topological polar surface area (TPSA) is 61.9 Å². The molecular weight excluding hydrogens is 318 g/mol. The lowest BCUT2D eigenvalue weighted by atomic mass is 9.94. The van der Waals surface area contributed by atoms with Gasteiger partial charge in [-0.3, -0.25) is 4.79 Å². The molecule has 1 aliphatic heterocycles. The molecule has 1 saturated carbocycles. The summed E-state index contributed by atoms with van der Waals surface area (Å²) >= 11 is 0. The van der Waals surface area contributed by atoms with Crippen LogP contribution in [-0.2, 0) is 10.3 Å². The van der Waals surface area contributed by atoms with E-state index in [1.807, 2.05) is 29.2 Å². The molecule has 1 aromatic carbocycles. The van der Waals surface area contributed by atoms with Crippen LogP contribution in [0.5, 0.6) is 5.75 Å². The van der Waals surface area contributed by atoms with E-state index in [-0.39, 0.29) is 23.4 Å². The number of piperidine rings is 1. The summed E-state index contributed by atoms with van der Waals surface area (Å²) in [6.07, 6.45) is 3.37. The quantitative estimate of drug-likeness (QED) is 0.910. The molecule has 6 heteroatoms. The van der Waals surface area contributed by atoms with E-state index < -0.39 is 0 Å². The lowest BCUT2D eigenvalue weighted by molar-refractivity contribution is -0.127.